The van der Waals surface area contributed by atoms with Gasteiger partial charge in [-0.05, 0) is 50.1 Å². The predicted octanol–water partition coefficient (Wildman–Crippen LogP) is 5.44. The van der Waals surface area contributed by atoms with E-state index in [1.165, 1.54) is 12.0 Å². The Bertz CT molecular complexity index is 1410. The average molecular weight is 551 g/mol. The van der Waals surface area contributed by atoms with Crippen molar-refractivity contribution in [3.8, 4) is 11.5 Å². The molecule has 9 nitrogen and oxygen atoms in total. The van der Waals surface area contributed by atoms with E-state index < -0.39 is 23.7 Å². The Kier molecular flexibility index (Phi) is 8.65. The molecule has 0 bridgehead atoms. The number of methoxy groups -OCH3 is 1. The molecule has 39 heavy (non-hydrogen) atoms. The molecule has 1 unspecified atom stereocenters. The summed E-state index contributed by atoms with van der Waals surface area (Å²) >= 11 is 0.947. The third kappa shape index (κ3) is 5.65. The molecule has 4 rings (SSSR count). The molecule has 1 aliphatic rings. The van der Waals surface area contributed by atoms with E-state index in [9.17, 15) is 19.5 Å². The topological polar surface area (TPSA) is 115 Å². The van der Waals surface area contributed by atoms with Crippen LogP contribution in [-0.2, 0) is 14.3 Å². The maximum Gasteiger partial charge on any atom is 0.350 e. The maximum atomic E-state index is 13.4. The summed E-state index contributed by atoms with van der Waals surface area (Å²) in [7, 11) is 1.26. The van der Waals surface area contributed by atoms with E-state index >= 15 is 0 Å². The van der Waals surface area contributed by atoms with Crippen LogP contribution >= 0.6 is 11.3 Å². The monoisotopic (exact) mass is 550 g/mol. The number of thiazole rings is 1. The second-order valence-corrected chi connectivity index (χ2v) is 9.78. The van der Waals surface area contributed by atoms with Crippen LogP contribution in [0.5, 0.6) is 11.5 Å². The molecule has 1 N–H and O–H groups in total. The first kappa shape index (κ1) is 27.8. The van der Waals surface area contributed by atoms with Gasteiger partial charge in [-0.2, -0.15) is 0 Å². The quantitative estimate of drug-likeness (QED) is 0.117. The number of rotatable bonds is 10. The number of ketones is 1. The van der Waals surface area contributed by atoms with Gasteiger partial charge in [0.15, 0.2) is 5.13 Å². The lowest BCUT2D eigenvalue weighted by Crippen LogP contribution is -2.29. The Morgan fingerprint density at radius 2 is 1.82 bits per heavy atom. The van der Waals surface area contributed by atoms with Crippen LogP contribution in [0.4, 0.5) is 5.13 Å². The Morgan fingerprint density at radius 3 is 2.49 bits per heavy atom. The van der Waals surface area contributed by atoms with Crippen molar-refractivity contribution in [1.82, 2.24) is 4.98 Å². The molecule has 2 aromatic carbocycles. The fourth-order valence-corrected chi connectivity index (χ4v) is 5.26. The number of amides is 1. The summed E-state index contributed by atoms with van der Waals surface area (Å²) in [5, 5.41) is 11.5. The van der Waals surface area contributed by atoms with Crippen molar-refractivity contribution in [3.63, 3.8) is 0 Å². The normalized spacial score (nSPS) is 16.4. The standard InChI is InChI=1S/C29H30N2O7S/c1-5-7-15-38-20-13-11-18(12-14-20)23-22(24(32)19-9-8-10-21(16-19)37-6-2)25(33)27(34)31(23)29-30-17(3)26(39-29)28(35)36-4/h8-14,16,23,32H,5-7,15H2,1-4H3/b24-22+. The van der Waals surface area contributed by atoms with Gasteiger partial charge in [0, 0.05) is 5.56 Å². The van der Waals surface area contributed by atoms with Gasteiger partial charge < -0.3 is 19.3 Å². The molecule has 1 amide bonds. The fourth-order valence-electron chi connectivity index (χ4n) is 4.25. The molecule has 1 aliphatic heterocycles. The largest absolute Gasteiger partial charge is 0.507 e. The van der Waals surface area contributed by atoms with Crippen LogP contribution in [0.3, 0.4) is 0 Å². The van der Waals surface area contributed by atoms with Gasteiger partial charge in [-0.25, -0.2) is 9.78 Å². The Balaban J connectivity index is 1.85. The number of aromatic nitrogens is 1. The molecule has 2 heterocycles. The van der Waals surface area contributed by atoms with Crippen molar-refractivity contribution in [2.75, 3.05) is 25.2 Å². The Morgan fingerprint density at radius 1 is 1.08 bits per heavy atom. The van der Waals surface area contributed by atoms with Gasteiger partial charge in [0.1, 0.15) is 22.1 Å². The first-order valence-electron chi connectivity index (χ1n) is 12.6. The van der Waals surface area contributed by atoms with Crippen LogP contribution < -0.4 is 14.4 Å². The molecular formula is C29H30N2O7S. The predicted molar refractivity (Wildman–Crippen MR) is 147 cm³/mol. The number of aliphatic hydroxyl groups is 1. The minimum Gasteiger partial charge on any atom is -0.507 e. The number of hydrogen-bond acceptors (Lipinski definition) is 9. The van der Waals surface area contributed by atoms with Gasteiger partial charge in [0.05, 0.1) is 37.6 Å². The summed E-state index contributed by atoms with van der Waals surface area (Å²) in [5.74, 6) is -1.50. The van der Waals surface area contributed by atoms with Crippen molar-refractivity contribution in [1.29, 1.82) is 0 Å². The summed E-state index contributed by atoms with van der Waals surface area (Å²) < 4.78 is 16.2. The van der Waals surface area contributed by atoms with E-state index in [2.05, 4.69) is 11.9 Å². The van der Waals surface area contributed by atoms with E-state index in [1.54, 1.807) is 55.5 Å². The van der Waals surface area contributed by atoms with E-state index in [-0.39, 0.29) is 21.3 Å². The number of ether oxygens (including phenoxy) is 3. The van der Waals surface area contributed by atoms with Gasteiger partial charge in [-0.15, -0.1) is 0 Å². The van der Waals surface area contributed by atoms with Gasteiger partial charge in [-0.3, -0.25) is 14.5 Å². The molecule has 1 saturated heterocycles. The number of anilines is 1. The highest BCUT2D eigenvalue weighted by Crippen LogP contribution is 2.44. The molecule has 0 radical (unpaired) electrons. The van der Waals surface area contributed by atoms with Crippen LogP contribution in [0.2, 0.25) is 0 Å². The number of nitrogens with zero attached hydrogens (tertiary/aromatic N) is 2. The lowest BCUT2D eigenvalue weighted by Gasteiger charge is -2.23. The minimum absolute atomic E-state index is 0.0965. The summed E-state index contributed by atoms with van der Waals surface area (Å²) in [6, 6.07) is 12.7. The van der Waals surface area contributed by atoms with Gasteiger partial charge in [0.2, 0.25) is 0 Å². The summed E-state index contributed by atoms with van der Waals surface area (Å²) in [6.45, 7) is 6.53. The van der Waals surface area contributed by atoms with Crippen LogP contribution in [0.1, 0.15) is 59.2 Å². The molecule has 204 valence electrons. The van der Waals surface area contributed by atoms with E-state index in [4.69, 9.17) is 14.2 Å². The van der Waals surface area contributed by atoms with E-state index in [0.29, 0.717) is 41.5 Å². The number of hydrogen-bond donors (Lipinski definition) is 1. The highest BCUT2D eigenvalue weighted by molar-refractivity contribution is 7.17. The number of unbranched alkanes of at least 4 members (excludes halogenated alkanes) is 1. The molecule has 0 saturated carbocycles. The summed E-state index contributed by atoms with van der Waals surface area (Å²) in [6.07, 6.45) is 1.91. The third-order valence-electron chi connectivity index (χ3n) is 6.19. The zero-order chi connectivity index (χ0) is 28.1. The van der Waals surface area contributed by atoms with Crippen LogP contribution in [0.25, 0.3) is 5.76 Å². The number of Topliss-reactive ketones (excluding diaryl/α,β-unsaturated/α-hetero) is 1. The highest BCUT2D eigenvalue weighted by atomic mass is 32.1. The van der Waals surface area contributed by atoms with Gasteiger partial charge in [-0.1, -0.05) is 48.9 Å². The second-order valence-electron chi connectivity index (χ2n) is 8.80. The zero-order valence-corrected chi connectivity index (χ0v) is 23.0. The van der Waals surface area contributed by atoms with E-state index in [1.807, 2.05) is 6.92 Å². The zero-order valence-electron chi connectivity index (χ0n) is 22.2. The summed E-state index contributed by atoms with van der Waals surface area (Å²) in [5.41, 5.74) is 1.16. The van der Waals surface area contributed by atoms with Crippen molar-refractivity contribution in [2.24, 2.45) is 0 Å². The number of benzene rings is 2. The minimum atomic E-state index is -0.999. The molecule has 10 heteroatoms. The molecule has 1 fully saturated rings. The molecule has 1 aromatic heterocycles. The first-order valence-corrected chi connectivity index (χ1v) is 13.4. The van der Waals surface area contributed by atoms with Crippen molar-refractivity contribution >= 4 is 39.9 Å². The smallest absolute Gasteiger partial charge is 0.350 e. The molecule has 1 atom stereocenters. The lowest BCUT2D eigenvalue weighted by atomic mass is 9.95. The summed E-state index contributed by atoms with van der Waals surface area (Å²) in [4.78, 5) is 45.0. The number of aryl methyl sites for hydroxylation is 1. The van der Waals surface area contributed by atoms with Crippen molar-refractivity contribution in [2.45, 2.75) is 39.7 Å². The maximum absolute atomic E-state index is 13.4. The second kappa shape index (κ2) is 12.1. The van der Waals surface area contributed by atoms with Crippen molar-refractivity contribution in [3.05, 3.63) is 75.8 Å². The van der Waals surface area contributed by atoms with Crippen LogP contribution in [0, 0.1) is 6.92 Å². The highest BCUT2D eigenvalue weighted by Gasteiger charge is 2.48. The Hall–Kier alpha value is -4.18. The Labute approximate surface area is 230 Å². The third-order valence-corrected chi connectivity index (χ3v) is 7.32. The molecule has 0 aliphatic carbocycles. The molecule has 3 aromatic rings. The first-order chi connectivity index (χ1) is 18.8. The fraction of sp³-hybridized carbons (Fsp3) is 0.310. The average Bonchev–Trinajstić information content (AvgIpc) is 3.45. The van der Waals surface area contributed by atoms with Gasteiger partial charge in [0.25, 0.3) is 5.78 Å². The SMILES string of the molecule is CCCCOc1ccc(C2/C(=C(\O)c3cccc(OCC)c3)C(=O)C(=O)N2c2nc(C)c(C(=O)OC)s2)cc1. The number of esters is 1. The van der Waals surface area contributed by atoms with E-state index in [0.717, 1.165) is 24.2 Å². The molecular weight excluding hydrogens is 520 g/mol. The lowest BCUT2D eigenvalue weighted by molar-refractivity contribution is -0.132. The number of carbonyl (C=O) groups is 3. The van der Waals surface area contributed by atoms with Crippen LogP contribution in [0.15, 0.2) is 54.1 Å². The molecule has 0 spiro atoms. The number of carbonyl (C=O) groups excluding carboxylic acids is 3. The van der Waals surface area contributed by atoms with Gasteiger partial charge >= 0.3 is 11.9 Å². The number of aliphatic hydroxyl groups excluding tert-OH is 1. The van der Waals surface area contributed by atoms with Crippen molar-refractivity contribution < 1.29 is 33.7 Å². The van der Waals surface area contributed by atoms with Crippen LogP contribution in [-0.4, -0.2) is 48.1 Å².